The van der Waals surface area contributed by atoms with E-state index in [1.54, 1.807) is 11.0 Å². The molecule has 1 aromatic heterocycles. The number of amides is 1. The largest absolute Gasteiger partial charge is 0.357 e. The molecule has 116 valence electrons. The lowest BCUT2D eigenvalue weighted by molar-refractivity contribution is 0.0983. The zero-order valence-electron chi connectivity index (χ0n) is 13.4. The van der Waals surface area contributed by atoms with Gasteiger partial charge in [-0.05, 0) is 32.9 Å². The third kappa shape index (κ3) is 3.42. The molecule has 0 saturated heterocycles. The highest BCUT2D eigenvalue weighted by atomic mass is 16.2. The lowest BCUT2D eigenvalue weighted by Gasteiger charge is -2.22. The Labute approximate surface area is 131 Å². The van der Waals surface area contributed by atoms with Crippen molar-refractivity contribution in [2.75, 3.05) is 29.4 Å². The van der Waals surface area contributed by atoms with Gasteiger partial charge in [0.05, 0.1) is 0 Å². The number of rotatable bonds is 6. The molecule has 0 aliphatic rings. The normalized spacial score (nSPS) is 10.3. The summed E-state index contributed by atoms with van der Waals surface area (Å²) in [6, 6.07) is 11.4. The van der Waals surface area contributed by atoms with Gasteiger partial charge < -0.3 is 9.80 Å². The fourth-order valence-corrected chi connectivity index (χ4v) is 2.37. The maximum atomic E-state index is 12.7. The van der Waals surface area contributed by atoms with Gasteiger partial charge in [-0.1, -0.05) is 18.2 Å². The Morgan fingerprint density at radius 2 is 1.68 bits per heavy atom. The molecule has 0 fully saturated rings. The molecule has 0 aliphatic carbocycles. The summed E-state index contributed by atoms with van der Waals surface area (Å²) < 4.78 is 0. The summed E-state index contributed by atoms with van der Waals surface area (Å²) in [7, 11) is 0. The fraction of sp³-hybridized carbons (Fsp3) is 0.353. The van der Waals surface area contributed by atoms with Gasteiger partial charge in [0.2, 0.25) is 0 Å². The molecule has 1 aromatic carbocycles. The lowest BCUT2D eigenvalue weighted by atomic mass is 10.2. The van der Waals surface area contributed by atoms with Gasteiger partial charge in [0.25, 0.3) is 5.91 Å². The van der Waals surface area contributed by atoms with Crippen LogP contribution in [0.1, 0.15) is 31.3 Å². The van der Waals surface area contributed by atoms with Crippen molar-refractivity contribution in [3.8, 4) is 0 Å². The van der Waals surface area contributed by atoms with E-state index in [4.69, 9.17) is 0 Å². The van der Waals surface area contributed by atoms with Crippen LogP contribution in [0.5, 0.6) is 0 Å². The number of carbonyl (C=O) groups is 1. The predicted molar refractivity (Wildman–Crippen MR) is 89.4 cm³/mol. The summed E-state index contributed by atoms with van der Waals surface area (Å²) in [5.41, 5.74) is 1.29. The molecule has 0 spiro atoms. The number of hydrogen-bond donors (Lipinski definition) is 0. The van der Waals surface area contributed by atoms with E-state index in [9.17, 15) is 4.79 Å². The van der Waals surface area contributed by atoms with Crippen LogP contribution < -0.4 is 9.80 Å². The van der Waals surface area contributed by atoms with Gasteiger partial charge >= 0.3 is 0 Å². The molecule has 22 heavy (non-hydrogen) atoms. The third-order valence-corrected chi connectivity index (χ3v) is 3.59. The molecule has 5 heteroatoms. The third-order valence-electron chi connectivity index (χ3n) is 3.59. The van der Waals surface area contributed by atoms with E-state index in [1.807, 2.05) is 37.3 Å². The van der Waals surface area contributed by atoms with Crippen LogP contribution in [0, 0.1) is 0 Å². The molecule has 0 atom stereocenters. The Hall–Kier alpha value is -2.43. The van der Waals surface area contributed by atoms with Crippen molar-refractivity contribution in [1.29, 1.82) is 0 Å². The van der Waals surface area contributed by atoms with E-state index in [0.717, 1.165) is 24.6 Å². The quantitative estimate of drug-likeness (QED) is 0.822. The molecule has 5 nitrogen and oxygen atoms in total. The summed E-state index contributed by atoms with van der Waals surface area (Å²) in [6.45, 7) is 8.37. The lowest BCUT2D eigenvalue weighted by Crippen LogP contribution is -2.32. The van der Waals surface area contributed by atoms with Crippen molar-refractivity contribution >= 4 is 17.4 Å². The first-order chi connectivity index (χ1) is 10.7. The second-order valence-electron chi connectivity index (χ2n) is 4.82. The van der Waals surface area contributed by atoms with Gasteiger partial charge in [0, 0.05) is 31.4 Å². The highest BCUT2D eigenvalue weighted by molar-refractivity contribution is 6.05. The van der Waals surface area contributed by atoms with Gasteiger partial charge in [0.15, 0.2) is 0 Å². The first-order valence-corrected chi connectivity index (χ1v) is 7.65. The highest BCUT2D eigenvalue weighted by Crippen LogP contribution is 2.17. The zero-order valence-corrected chi connectivity index (χ0v) is 13.4. The Bertz CT molecular complexity index is 611. The van der Waals surface area contributed by atoms with Gasteiger partial charge in [0.1, 0.15) is 17.8 Å². The van der Waals surface area contributed by atoms with Crippen LogP contribution in [0.25, 0.3) is 0 Å². The molecule has 1 amide bonds. The van der Waals surface area contributed by atoms with Crippen molar-refractivity contribution in [2.45, 2.75) is 20.8 Å². The molecule has 0 aliphatic heterocycles. The first kappa shape index (κ1) is 15.9. The van der Waals surface area contributed by atoms with Crippen molar-refractivity contribution in [3.63, 3.8) is 0 Å². The van der Waals surface area contributed by atoms with Crippen LogP contribution >= 0.6 is 0 Å². The van der Waals surface area contributed by atoms with Crippen LogP contribution in [-0.4, -0.2) is 35.5 Å². The molecular formula is C17H22N4O. The monoisotopic (exact) mass is 298 g/mol. The summed E-state index contributed by atoms with van der Waals surface area (Å²) >= 11 is 0. The Morgan fingerprint density at radius 3 is 2.27 bits per heavy atom. The second kappa shape index (κ2) is 7.54. The second-order valence-corrected chi connectivity index (χ2v) is 4.82. The number of nitrogens with zero attached hydrogens (tertiary/aromatic N) is 4. The topological polar surface area (TPSA) is 49.3 Å². The standard InChI is InChI=1S/C17H22N4O/c1-4-20(5-2)16-12-15(18-13-19-16)17(22)21(6-3)14-10-8-7-9-11-14/h7-13H,4-6H2,1-3H3. The molecule has 2 aromatic rings. The summed E-state index contributed by atoms with van der Waals surface area (Å²) in [4.78, 5) is 25.0. The van der Waals surface area contributed by atoms with Crippen molar-refractivity contribution in [3.05, 3.63) is 48.4 Å². The SMILES string of the molecule is CCN(CC)c1cc(C(=O)N(CC)c2ccccc2)ncn1. The highest BCUT2D eigenvalue weighted by Gasteiger charge is 2.18. The average Bonchev–Trinajstić information content (AvgIpc) is 2.58. The molecule has 0 saturated carbocycles. The van der Waals surface area contributed by atoms with Gasteiger partial charge in [-0.15, -0.1) is 0 Å². The van der Waals surface area contributed by atoms with Gasteiger partial charge in [-0.2, -0.15) is 0 Å². The van der Waals surface area contributed by atoms with E-state index in [2.05, 4.69) is 28.7 Å². The fourth-order valence-electron chi connectivity index (χ4n) is 2.37. The number of hydrogen-bond acceptors (Lipinski definition) is 4. The predicted octanol–water partition coefficient (Wildman–Crippen LogP) is 2.99. The minimum absolute atomic E-state index is 0.107. The van der Waals surface area contributed by atoms with E-state index < -0.39 is 0 Å². The first-order valence-electron chi connectivity index (χ1n) is 7.65. The van der Waals surface area contributed by atoms with Crippen LogP contribution in [0.3, 0.4) is 0 Å². The maximum absolute atomic E-state index is 12.7. The number of para-hydroxylation sites is 1. The Morgan fingerprint density at radius 1 is 1.00 bits per heavy atom. The number of carbonyl (C=O) groups excluding carboxylic acids is 1. The Kier molecular flexibility index (Phi) is 5.47. The summed E-state index contributed by atoms with van der Waals surface area (Å²) in [5, 5.41) is 0. The van der Waals surface area contributed by atoms with E-state index in [1.165, 1.54) is 6.33 Å². The van der Waals surface area contributed by atoms with E-state index >= 15 is 0 Å². The van der Waals surface area contributed by atoms with Crippen molar-refractivity contribution in [2.24, 2.45) is 0 Å². The molecule has 2 rings (SSSR count). The van der Waals surface area contributed by atoms with Crippen LogP contribution in [0.4, 0.5) is 11.5 Å². The van der Waals surface area contributed by atoms with Crippen LogP contribution in [0.15, 0.2) is 42.7 Å². The van der Waals surface area contributed by atoms with Gasteiger partial charge in [-0.3, -0.25) is 4.79 Å². The maximum Gasteiger partial charge on any atom is 0.277 e. The molecule has 0 radical (unpaired) electrons. The molecule has 0 bridgehead atoms. The van der Waals surface area contributed by atoms with Crippen molar-refractivity contribution < 1.29 is 4.79 Å². The number of benzene rings is 1. The number of anilines is 2. The number of aromatic nitrogens is 2. The smallest absolute Gasteiger partial charge is 0.277 e. The average molecular weight is 298 g/mol. The molecule has 0 unspecified atom stereocenters. The molecule has 1 heterocycles. The van der Waals surface area contributed by atoms with Crippen LogP contribution in [-0.2, 0) is 0 Å². The van der Waals surface area contributed by atoms with Crippen LogP contribution in [0.2, 0.25) is 0 Å². The summed E-state index contributed by atoms with van der Waals surface area (Å²) in [5.74, 6) is 0.678. The Balaban J connectivity index is 2.30. The van der Waals surface area contributed by atoms with Crippen molar-refractivity contribution in [1.82, 2.24) is 9.97 Å². The van der Waals surface area contributed by atoms with E-state index in [-0.39, 0.29) is 5.91 Å². The van der Waals surface area contributed by atoms with Gasteiger partial charge in [-0.25, -0.2) is 9.97 Å². The minimum atomic E-state index is -0.107. The molecular weight excluding hydrogens is 276 g/mol. The zero-order chi connectivity index (χ0) is 15.9. The van der Waals surface area contributed by atoms with E-state index in [0.29, 0.717) is 12.2 Å². The minimum Gasteiger partial charge on any atom is -0.357 e. The summed E-state index contributed by atoms with van der Waals surface area (Å²) in [6.07, 6.45) is 1.46. The molecule has 0 N–H and O–H groups in total.